The molecule has 1 aromatic rings. The molecule has 0 fully saturated rings. The van der Waals surface area contributed by atoms with Gasteiger partial charge >= 0.3 is 0 Å². The second-order valence-corrected chi connectivity index (χ2v) is 2.78. The molecule has 64 valence electrons. The van der Waals surface area contributed by atoms with Crippen LogP contribution in [-0.2, 0) is 11.2 Å². The van der Waals surface area contributed by atoms with E-state index in [1.807, 2.05) is 0 Å². The van der Waals surface area contributed by atoms with Crippen LogP contribution in [0.15, 0.2) is 10.9 Å². The van der Waals surface area contributed by atoms with Crippen LogP contribution in [0.25, 0.3) is 0 Å². The van der Waals surface area contributed by atoms with Crippen LogP contribution in [0.4, 0.5) is 0 Å². The van der Waals surface area contributed by atoms with E-state index in [0.29, 0.717) is 5.82 Å². The lowest BCUT2D eigenvalue weighted by molar-refractivity contribution is -0.116. The standard InChI is InChI=1S/C7H7ClN2O2/c1-4(11)2-6-9-5(8)3-7(12)10-6/h3H,2H2,1H3,(H,9,10,12). The van der Waals surface area contributed by atoms with Crippen molar-refractivity contribution in [1.29, 1.82) is 0 Å². The lowest BCUT2D eigenvalue weighted by Crippen LogP contribution is -2.12. The molecule has 0 aromatic carbocycles. The first-order chi connectivity index (χ1) is 5.58. The fraction of sp³-hybridized carbons (Fsp3) is 0.286. The number of H-pyrrole nitrogens is 1. The van der Waals surface area contributed by atoms with E-state index in [1.165, 1.54) is 6.92 Å². The van der Waals surface area contributed by atoms with Crippen LogP contribution in [0.5, 0.6) is 0 Å². The van der Waals surface area contributed by atoms with Gasteiger partial charge in [0.05, 0.1) is 6.42 Å². The summed E-state index contributed by atoms with van der Waals surface area (Å²) in [5, 5.41) is 0.106. The first-order valence-corrected chi connectivity index (χ1v) is 3.71. The van der Waals surface area contributed by atoms with Crippen molar-refractivity contribution in [3.63, 3.8) is 0 Å². The van der Waals surface area contributed by atoms with Gasteiger partial charge in [0.15, 0.2) is 0 Å². The van der Waals surface area contributed by atoms with Gasteiger partial charge in [0.25, 0.3) is 5.56 Å². The minimum absolute atomic E-state index is 0.0691. The van der Waals surface area contributed by atoms with Gasteiger partial charge in [0.2, 0.25) is 0 Å². The summed E-state index contributed by atoms with van der Waals surface area (Å²) in [5.41, 5.74) is -0.341. The van der Waals surface area contributed by atoms with Gasteiger partial charge in [-0.2, -0.15) is 0 Å². The van der Waals surface area contributed by atoms with Gasteiger partial charge in [0, 0.05) is 6.07 Å². The molecule has 5 heteroatoms. The summed E-state index contributed by atoms with van der Waals surface area (Å²) in [6.07, 6.45) is 0.107. The number of rotatable bonds is 2. The largest absolute Gasteiger partial charge is 0.310 e. The Kier molecular flexibility index (Phi) is 2.60. The summed E-state index contributed by atoms with van der Waals surface area (Å²) in [6.45, 7) is 1.42. The Hall–Kier alpha value is -1.16. The molecule has 12 heavy (non-hydrogen) atoms. The van der Waals surface area contributed by atoms with Gasteiger partial charge in [-0.15, -0.1) is 0 Å². The molecule has 0 radical (unpaired) electrons. The van der Waals surface area contributed by atoms with Crippen molar-refractivity contribution in [3.05, 3.63) is 27.4 Å². The highest BCUT2D eigenvalue weighted by Crippen LogP contribution is 1.99. The van der Waals surface area contributed by atoms with Crippen LogP contribution >= 0.6 is 11.6 Å². The third kappa shape index (κ3) is 2.47. The number of carbonyl (C=O) groups is 1. The average molecular weight is 187 g/mol. The highest BCUT2D eigenvalue weighted by Gasteiger charge is 2.01. The molecule has 1 aromatic heterocycles. The molecule has 1 N–H and O–H groups in total. The molecule has 0 aliphatic heterocycles. The highest BCUT2D eigenvalue weighted by atomic mass is 35.5. The van der Waals surface area contributed by atoms with Crippen LogP contribution in [0, 0.1) is 0 Å². The molecule has 0 atom stereocenters. The summed E-state index contributed by atoms with van der Waals surface area (Å²) in [7, 11) is 0. The van der Waals surface area contributed by atoms with E-state index in [-0.39, 0.29) is 22.9 Å². The summed E-state index contributed by atoms with van der Waals surface area (Å²) in [5.74, 6) is 0.236. The van der Waals surface area contributed by atoms with E-state index in [9.17, 15) is 9.59 Å². The monoisotopic (exact) mass is 186 g/mol. The maximum atomic E-state index is 10.8. The van der Waals surface area contributed by atoms with Gasteiger partial charge in [0.1, 0.15) is 16.8 Å². The zero-order chi connectivity index (χ0) is 9.14. The van der Waals surface area contributed by atoms with Crippen LogP contribution < -0.4 is 5.56 Å². The van der Waals surface area contributed by atoms with Crippen molar-refractivity contribution in [1.82, 2.24) is 9.97 Å². The van der Waals surface area contributed by atoms with E-state index in [2.05, 4.69) is 9.97 Å². The Morgan fingerprint density at radius 1 is 1.75 bits per heavy atom. The topological polar surface area (TPSA) is 62.8 Å². The minimum atomic E-state index is -0.341. The second-order valence-electron chi connectivity index (χ2n) is 2.39. The summed E-state index contributed by atoms with van der Waals surface area (Å²) < 4.78 is 0. The number of hydrogen-bond acceptors (Lipinski definition) is 3. The van der Waals surface area contributed by atoms with Gasteiger partial charge in [-0.3, -0.25) is 9.59 Å². The van der Waals surface area contributed by atoms with Crippen molar-refractivity contribution in [2.75, 3.05) is 0 Å². The predicted octanol–water partition coefficient (Wildman–Crippen LogP) is 0.555. The first kappa shape index (κ1) is 8.93. The fourth-order valence-corrected chi connectivity index (χ4v) is 0.996. The predicted molar refractivity (Wildman–Crippen MR) is 44.3 cm³/mol. The first-order valence-electron chi connectivity index (χ1n) is 3.33. The molecular formula is C7H7ClN2O2. The quantitative estimate of drug-likeness (QED) is 0.687. The number of carbonyl (C=O) groups excluding carboxylic acids is 1. The van der Waals surface area contributed by atoms with Crippen LogP contribution in [-0.4, -0.2) is 15.8 Å². The van der Waals surface area contributed by atoms with Crippen molar-refractivity contribution < 1.29 is 4.79 Å². The molecule has 0 amide bonds. The smallest absolute Gasteiger partial charge is 0.252 e. The average Bonchev–Trinajstić information content (AvgIpc) is 1.81. The van der Waals surface area contributed by atoms with Crippen molar-refractivity contribution >= 4 is 17.4 Å². The number of Topliss-reactive ketones (excluding diaryl/α,β-unsaturated/α-hetero) is 1. The molecule has 0 saturated heterocycles. The molecule has 1 heterocycles. The van der Waals surface area contributed by atoms with Gasteiger partial charge in [-0.25, -0.2) is 4.98 Å². The summed E-state index contributed by atoms with van der Waals surface area (Å²) in [4.78, 5) is 27.6. The van der Waals surface area contributed by atoms with Gasteiger partial charge in [-0.1, -0.05) is 11.6 Å². The number of aromatic nitrogens is 2. The maximum Gasteiger partial charge on any atom is 0.252 e. The number of nitrogens with zero attached hydrogens (tertiary/aromatic N) is 1. The van der Waals surface area contributed by atoms with Crippen molar-refractivity contribution in [3.8, 4) is 0 Å². The normalized spacial score (nSPS) is 9.83. The van der Waals surface area contributed by atoms with E-state index in [0.717, 1.165) is 6.07 Å². The van der Waals surface area contributed by atoms with E-state index >= 15 is 0 Å². The molecule has 0 aliphatic carbocycles. The Morgan fingerprint density at radius 2 is 2.42 bits per heavy atom. The van der Waals surface area contributed by atoms with Crippen LogP contribution in [0.3, 0.4) is 0 Å². The summed E-state index contributed by atoms with van der Waals surface area (Å²) >= 11 is 5.49. The molecule has 4 nitrogen and oxygen atoms in total. The Balaban J connectivity index is 3.01. The van der Waals surface area contributed by atoms with E-state index < -0.39 is 0 Å². The number of nitrogens with one attached hydrogen (secondary N) is 1. The SMILES string of the molecule is CC(=O)Cc1nc(Cl)cc(=O)[nH]1. The summed E-state index contributed by atoms with van der Waals surface area (Å²) in [6, 6.07) is 1.16. The van der Waals surface area contributed by atoms with Gasteiger partial charge < -0.3 is 4.98 Å². The third-order valence-electron chi connectivity index (χ3n) is 1.18. The highest BCUT2D eigenvalue weighted by molar-refractivity contribution is 6.29. The Bertz CT molecular complexity index is 359. The Morgan fingerprint density at radius 3 is 2.92 bits per heavy atom. The molecule has 0 bridgehead atoms. The van der Waals surface area contributed by atoms with Crippen molar-refractivity contribution in [2.24, 2.45) is 0 Å². The van der Waals surface area contributed by atoms with Crippen LogP contribution in [0.2, 0.25) is 5.15 Å². The number of halogens is 1. The lowest BCUT2D eigenvalue weighted by Gasteiger charge is -1.95. The molecule has 0 unspecified atom stereocenters. The molecule has 0 aliphatic rings. The number of aromatic amines is 1. The third-order valence-corrected chi connectivity index (χ3v) is 1.37. The molecule has 1 rings (SSSR count). The minimum Gasteiger partial charge on any atom is -0.310 e. The van der Waals surface area contributed by atoms with Crippen molar-refractivity contribution in [2.45, 2.75) is 13.3 Å². The van der Waals surface area contributed by atoms with E-state index in [4.69, 9.17) is 11.6 Å². The Labute approximate surface area is 73.6 Å². The zero-order valence-corrected chi connectivity index (χ0v) is 7.18. The number of hydrogen-bond donors (Lipinski definition) is 1. The zero-order valence-electron chi connectivity index (χ0n) is 6.43. The lowest BCUT2D eigenvalue weighted by atomic mass is 10.3. The second kappa shape index (κ2) is 3.49. The molecular weight excluding hydrogens is 180 g/mol. The van der Waals surface area contributed by atoms with E-state index in [1.54, 1.807) is 0 Å². The number of ketones is 1. The maximum absolute atomic E-state index is 10.8. The molecule has 0 spiro atoms. The van der Waals surface area contributed by atoms with Gasteiger partial charge in [-0.05, 0) is 6.92 Å². The van der Waals surface area contributed by atoms with Crippen LogP contribution in [0.1, 0.15) is 12.7 Å². The molecule has 0 saturated carbocycles. The fourth-order valence-electron chi connectivity index (χ4n) is 0.795.